The number of nitrogens with zero attached hydrogens (tertiary/aromatic N) is 4. The molecule has 2 bridgehead atoms. The monoisotopic (exact) mass is 1390 g/mol. The molecule has 0 saturated heterocycles. The van der Waals surface area contributed by atoms with E-state index in [-0.39, 0.29) is 108 Å². The number of ketones is 2. The number of urea groups is 1. The van der Waals surface area contributed by atoms with E-state index in [0.717, 1.165) is 33.2 Å². The molecule has 6 amide bonds. The number of likely N-dealkylation sites (N-methyl/N-ethyl adjacent to an activating group) is 2. The topological polar surface area (TPSA) is 337 Å². The zero-order valence-electron chi connectivity index (χ0n) is 53.9. The van der Waals surface area contributed by atoms with Crippen LogP contribution in [0.2, 0.25) is 0 Å². The molecule has 11 N–H and O–H groups in total. The number of aryl methyl sites for hydroxylation is 2. The number of phosphoric ester groups is 1. The Morgan fingerprint density at radius 3 is 1.81 bits per heavy atom. The highest BCUT2D eigenvalue weighted by molar-refractivity contribution is 7.80. The second-order valence-corrected chi connectivity index (χ2v) is 28.6. The number of rotatable bonds is 30. The predicted molar refractivity (Wildman–Crippen MR) is 368 cm³/mol. The highest BCUT2D eigenvalue weighted by Crippen LogP contribution is 2.75. The molecule has 4 unspecified atom stereocenters. The van der Waals surface area contributed by atoms with Crippen molar-refractivity contribution in [3.05, 3.63) is 76.6 Å². The maximum Gasteiger partial charge on any atom is 0.524 e. The number of amides is 6. The van der Waals surface area contributed by atoms with Crippen LogP contribution in [-0.2, 0) is 44.7 Å². The lowest BCUT2D eigenvalue weighted by atomic mass is 9.34. The Morgan fingerprint density at radius 1 is 0.777 bits per heavy atom. The number of carbonyl (C=O) groups excluding carboxylic acids is 7. The Labute approximate surface area is 566 Å². The number of Topliss-reactive ketones (excluding diaryl/α,β-unsaturated/α-hetero) is 2. The van der Waals surface area contributed by atoms with Gasteiger partial charge in [-0.05, 0) is 143 Å². The molecule has 5 atom stereocenters. The fourth-order valence-electron chi connectivity index (χ4n) is 13.9. The number of thiocarbonyl (C=S) groups is 2. The number of anilines is 3. The summed E-state index contributed by atoms with van der Waals surface area (Å²) in [7, 11) is -1.39. The van der Waals surface area contributed by atoms with Crippen LogP contribution in [0, 0.1) is 42.4 Å². The van der Waals surface area contributed by atoms with Crippen molar-refractivity contribution in [3.63, 3.8) is 0 Å². The number of ether oxygens (including phenoxy) is 2. The molecule has 10 rings (SSSR count). The minimum absolute atomic E-state index is 0.0397. The number of halogens is 2. The van der Waals surface area contributed by atoms with E-state index in [2.05, 4.69) is 25.9 Å². The summed E-state index contributed by atoms with van der Waals surface area (Å²) in [5.74, 6) is -2.99. The minimum atomic E-state index is -4.97. The molecule has 0 spiro atoms. The Morgan fingerprint density at radius 2 is 1.30 bits per heavy atom. The summed E-state index contributed by atoms with van der Waals surface area (Å²) in [6.45, 7) is 11.0. The Kier molecular flexibility index (Phi) is 22.5. The molecule has 3 aromatic carbocycles. The lowest BCUT2D eigenvalue weighted by Crippen LogP contribution is -2.73. The first-order chi connectivity index (χ1) is 44.5. The van der Waals surface area contributed by atoms with Crippen LogP contribution in [0.1, 0.15) is 125 Å². The van der Waals surface area contributed by atoms with Crippen LogP contribution < -0.4 is 46.5 Å². The minimum Gasteiger partial charge on any atom is -0.466 e. The quantitative estimate of drug-likeness (QED) is 0.00897. The van der Waals surface area contributed by atoms with Crippen molar-refractivity contribution in [1.29, 1.82) is 0 Å². The highest BCUT2D eigenvalue weighted by atomic mass is 35.5. The van der Waals surface area contributed by atoms with Gasteiger partial charge >= 0.3 is 13.9 Å². The van der Waals surface area contributed by atoms with Gasteiger partial charge in [0.05, 0.1) is 39.3 Å². The van der Waals surface area contributed by atoms with E-state index in [1.54, 1.807) is 78.0 Å². The van der Waals surface area contributed by atoms with Crippen LogP contribution in [0.15, 0.2) is 48.8 Å². The van der Waals surface area contributed by atoms with Crippen LogP contribution in [0.4, 0.5) is 21.9 Å². The third-order valence-corrected chi connectivity index (χ3v) is 20.7. The zero-order valence-corrected chi connectivity index (χ0v) is 57.9. The molecule has 2 aromatic heterocycles. The van der Waals surface area contributed by atoms with Gasteiger partial charge in [-0.2, -0.15) is 0 Å². The predicted octanol–water partition coefficient (Wildman–Crippen LogP) is 8.80. The van der Waals surface area contributed by atoms with Gasteiger partial charge in [-0.15, -0.1) is 23.2 Å². The van der Waals surface area contributed by atoms with Gasteiger partial charge in [0.25, 0.3) is 10.3 Å². The molecular weight excluding hydrogens is 1310 g/mol. The smallest absolute Gasteiger partial charge is 0.466 e. The van der Waals surface area contributed by atoms with Gasteiger partial charge < -0.3 is 75.8 Å². The second-order valence-electron chi connectivity index (χ2n) is 26.1. The van der Waals surface area contributed by atoms with Gasteiger partial charge in [0.2, 0.25) is 23.6 Å². The molecule has 3 saturated carbocycles. The van der Waals surface area contributed by atoms with E-state index < -0.39 is 54.4 Å². The fourth-order valence-corrected chi connectivity index (χ4v) is 15.2. The third kappa shape index (κ3) is 15.3. The van der Waals surface area contributed by atoms with Crippen LogP contribution >= 0.6 is 55.5 Å². The normalized spacial score (nSPS) is 19.5. The molecular formula is C65H84Cl2N11O13PS2. The van der Waals surface area contributed by atoms with Gasteiger partial charge in [-0.3, -0.25) is 33.8 Å². The average Bonchev–Trinajstić information content (AvgIpc) is 0.898. The SMILES string of the molecule is CC(=O)C[C@@H](CCCCN)C(=O)NC(C(=O)CC(CCCNC(N)=O)C(=O)Nc1ccc(COC(=S)N(C)CCN(C)C(=S)Oc2cc3c(c4c(C)c[nH]c24)C(CCl)CN3C(=O)C23CC(C(=O)N4CC(CCl)c5c4cc(OP(=O)(O)O)c4[nH]cc(C)c54)(C2)C3)cc1)C(C)C. The average molecular weight is 1390 g/mol. The standard InChI is InChI=1S/C65H84Cl2N11O13PS2/c1-35(2)54(74-58(82)40(21-38(5)79)11-8-9-17-68)47(80)22-41(12-10-18-70-61(69)85)57(81)73-44-15-13-39(14-16-44)31-89-62(93)75(6)19-20-76(7)63(94)90-48-23-45-52(50-36(3)27-71-55(48)50)42(25-66)29-77(45)59(83)64-32-65(33-64,34-64)60(84)78-30-43(26-67)53-46(78)24-49(91-92(86,87)88)56-51(53)37(4)28-72-56/h13-16,23-24,27-28,35,40-43,54,71-72H,8-12,17-22,25-26,29-34,68H2,1-7H3,(H,73,81)(H,74,82)(H3,69,70,85)(H2,86,87,88)/t40-,41?,42?,43?,54?,64?,65?/m1/s1. The molecule has 4 heterocycles. The number of aromatic amines is 2. The van der Waals surface area contributed by atoms with Crippen molar-refractivity contribution in [1.82, 2.24) is 30.4 Å². The molecule has 29 heteroatoms. The number of fused-ring (bicyclic) bond motifs is 6. The number of aromatic nitrogens is 2. The van der Waals surface area contributed by atoms with Gasteiger partial charge in [-0.1, -0.05) is 32.4 Å². The van der Waals surface area contributed by atoms with Crippen LogP contribution in [0.5, 0.6) is 11.5 Å². The number of nitrogens with two attached hydrogens (primary N) is 2. The van der Waals surface area contributed by atoms with Crippen LogP contribution in [0.25, 0.3) is 21.8 Å². The van der Waals surface area contributed by atoms with Crippen molar-refractivity contribution in [2.24, 2.45) is 40.1 Å². The largest absolute Gasteiger partial charge is 0.524 e. The molecule has 24 nitrogen and oxygen atoms in total. The molecule has 3 aliphatic carbocycles. The Balaban J connectivity index is 0.788. The van der Waals surface area contributed by atoms with E-state index >= 15 is 0 Å². The van der Waals surface area contributed by atoms with Crippen LogP contribution in [-0.4, -0.2) is 152 Å². The van der Waals surface area contributed by atoms with Crippen molar-refractivity contribution in [2.75, 3.05) is 80.2 Å². The molecule has 5 aliphatic rings. The van der Waals surface area contributed by atoms with Crippen molar-refractivity contribution in [3.8, 4) is 11.5 Å². The Hall–Kier alpha value is -6.90. The summed E-state index contributed by atoms with van der Waals surface area (Å²) in [6, 6.07) is 8.67. The number of hydrogen-bond acceptors (Lipinski definition) is 14. The lowest BCUT2D eigenvalue weighted by Gasteiger charge is -2.69. The summed E-state index contributed by atoms with van der Waals surface area (Å²) in [4.78, 5) is 128. The third-order valence-electron chi connectivity index (χ3n) is 18.7. The van der Waals surface area contributed by atoms with E-state index in [9.17, 15) is 47.9 Å². The number of primary amides is 1. The number of nitrogens with one attached hydrogen (secondary N) is 5. The number of unbranched alkanes of at least 4 members (excludes halogenated alkanes) is 1. The molecule has 0 radical (unpaired) electrons. The second kappa shape index (κ2) is 29.6. The number of alkyl halides is 2. The van der Waals surface area contributed by atoms with E-state index in [4.69, 9.17) is 73.1 Å². The van der Waals surface area contributed by atoms with Crippen molar-refractivity contribution >= 4 is 146 Å². The Bertz CT molecular complexity index is 3800. The van der Waals surface area contributed by atoms with E-state index in [0.29, 0.717) is 110 Å². The van der Waals surface area contributed by atoms with Gasteiger partial charge in [0.15, 0.2) is 17.3 Å². The first-order valence-electron chi connectivity index (χ1n) is 31.6. The highest BCUT2D eigenvalue weighted by Gasteiger charge is 2.76. The van der Waals surface area contributed by atoms with Gasteiger partial charge in [0, 0.05) is 136 Å². The van der Waals surface area contributed by atoms with E-state index in [1.807, 2.05) is 26.1 Å². The fraction of sp³-hybridized carbons (Fsp3) is 0.523. The first-order valence-corrected chi connectivity index (χ1v) is 35.0. The molecule has 508 valence electrons. The van der Waals surface area contributed by atoms with Gasteiger partial charge in [-0.25, -0.2) is 9.36 Å². The summed E-state index contributed by atoms with van der Waals surface area (Å²) < 4.78 is 29.8. The summed E-state index contributed by atoms with van der Waals surface area (Å²) in [5.41, 5.74) is 16.3. The number of phosphoric acid groups is 1. The molecule has 94 heavy (non-hydrogen) atoms. The number of hydrogen-bond donors (Lipinski definition) is 9. The van der Waals surface area contributed by atoms with E-state index in [1.165, 1.54) is 13.0 Å². The molecule has 5 aromatic rings. The first kappa shape index (κ1) is 71.4. The molecule has 3 fully saturated rings. The van der Waals surface area contributed by atoms with Gasteiger partial charge in [0.1, 0.15) is 12.4 Å². The summed E-state index contributed by atoms with van der Waals surface area (Å²) in [5, 5.41) is 10.3. The zero-order chi connectivity index (χ0) is 68.3. The number of H-pyrrole nitrogens is 2. The lowest BCUT2D eigenvalue weighted by molar-refractivity contribution is -0.205. The number of carbonyl (C=O) groups is 7. The maximum atomic E-state index is 15.0. The van der Waals surface area contributed by atoms with Crippen molar-refractivity contribution in [2.45, 2.75) is 123 Å². The number of benzene rings is 3. The summed E-state index contributed by atoms with van der Waals surface area (Å²) in [6.07, 6.45) is 6.82. The van der Waals surface area contributed by atoms with Crippen molar-refractivity contribution < 1.29 is 61.9 Å². The van der Waals surface area contributed by atoms with Crippen LogP contribution in [0.3, 0.4) is 0 Å². The summed E-state index contributed by atoms with van der Waals surface area (Å²) >= 11 is 24.8. The maximum absolute atomic E-state index is 15.0. The molecule has 2 aliphatic heterocycles.